The molecule has 0 atom stereocenters. The molecule has 2 aromatic rings. The van der Waals surface area contributed by atoms with Crippen LogP contribution < -0.4 is 15.4 Å². The lowest BCUT2D eigenvalue weighted by atomic mass is 10.1. The lowest BCUT2D eigenvalue weighted by molar-refractivity contribution is 0.185. The number of hydrogen-bond acceptors (Lipinski definition) is 3. The molecule has 0 saturated carbocycles. The molecule has 6 heteroatoms. The van der Waals surface area contributed by atoms with Crippen LogP contribution in [0.4, 0.5) is 0 Å². The van der Waals surface area contributed by atoms with Gasteiger partial charge in [0, 0.05) is 20.2 Å². The quantitative estimate of drug-likeness (QED) is 0.312. The first-order valence-corrected chi connectivity index (χ1v) is 9.38. The van der Waals surface area contributed by atoms with Crippen molar-refractivity contribution in [2.24, 2.45) is 4.99 Å². The van der Waals surface area contributed by atoms with E-state index in [9.17, 15) is 0 Å². The van der Waals surface area contributed by atoms with Gasteiger partial charge in [-0.15, -0.1) is 24.0 Å². The standard InChI is InChI=1S/C22H31N3O2.HI/c1-5-23-22(25-15-19-8-10-20(11-9-19)16-26-3)24-13-12-18-7-6-17(2)21(14-18)27-4;/h6-11,14H,5,12-13,15-16H2,1-4H3,(H2,23,24,25);1H. The molecule has 2 rings (SSSR count). The number of benzene rings is 2. The maximum Gasteiger partial charge on any atom is 0.191 e. The van der Waals surface area contributed by atoms with E-state index in [1.807, 2.05) is 0 Å². The number of methoxy groups -OCH3 is 2. The van der Waals surface area contributed by atoms with E-state index < -0.39 is 0 Å². The van der Waals surface area contributed by atoms with Crippen molar-refractivity contribution in [3.63, 3.8) is 0 Å². The lowest BCUT2D eigenvalue weighted by Crippen LogP contribution is -2.38. The first-order valence-electron chi connectivity index (χ1n) is 9.38. The van der Waals surface area contributed by atoms with E-state index in [2.05, 4.69) is 71.9 Å². The summed E-state index contributed by atoms with van der Waals surface area (Å²) in [5.41, 5.74) is 4.74. The summed E-state index contributed by atoms with van der Waals surface area (Å²) in [5, 5.41) is 6.70. The molecule has 0 spiro atoms. The Balaban J connectivity index is 0.00000392. The summed E-state index contributed by atoms with van der Waals surface area (Å²) >= 11 is 0. The Morgan fingerprint density at radius 1 is 0.964 bits per heavy atom. The number of nitrogens with one attached hydrogen (secondary N) is 2. The predicted octanol–water partition coefficient (Wildman–Crippen LogP) is 4.07. The molecule has 0 saturated heterocycles. The summed E-state index contributed by atoms with van der Waals surface area (Å²) in [6, 6.07) is 14.7. The van der Waals surface area contributed by atoms with Crippen LogP contribution in [0.2, 0.25) is 0 Å². The second-order valence-electron chi connectivity index (χ2n) is 6.43. The van der Waals surface area contributed by atoms with Gasteiger partial charge in [0.2, 0.25) is 0 Å². The largest absolute Gasteiger partial charge is 0.496 e. The third-order valence-electron chi connectivity index (χ3n) is 4.28. The molecule has 0 unspecified atom stereocenters. The van der Waals surface area contributed by atoms with E-state index in [4.69, 9.17) is 9.47 Å². The van der Waals surface area contributed by atoms with Crippen molar-refractivity contribution in [1.82, 2.24) is 10.6 Å². The minimum absolute atomic E-state index is 0. The molecule has 2 N–H and O–H groups in total. The molecule has 0 aromatic heterocycles. The Bertz CT molecular complexity index is 733. The number of ether oxygens (including phenoxy) is 2. The Morgan fingerprint density at radius 3 is 2.29 bits per heavy atom. The average Bonchev–Trinajstić information content (AvgIpc) is 2.68. The summed E-state index contributed by atoms with van der Waals surface area (Å²) in [4.78, 5) is 4.68. The van der Waals surface area contributed by atoms with Crippen LogP contribution in [0, 0.1) is 6.92 Å². The Kier molecular flexibility index (Phi) is 11.6. The number of nitrogens with zero attached hydrogens (tertiary/aromatic N) is 1. The van der Waals surface area contributed by atoms with Gasteiger partial charge in [-0.1, -0.05) is 36.4 Å². The van der Waals surface area contributed by atoms with Crippen molar-refractivity contribution in [3.8, 4) is 5.75 Å². The summed E-state index contributed by atoms with van der Waals surface area (Å²) in [7, 11) is 3.42. The number of halogens is 1. The van der Waals surface area contributed by atoms with Crippen LogP contribution in [0.3, 0.4) is 0 Å². The van der Waals surface area contributed by atoms with E-state index in [-0.39, 0.29) is 24.0 Å². The van der Waals surface area contributed by atoms with Gasteiger partial charge in [0.05, 0.1) is 20.3 Å². The van der Waals surface area contributed by atoms with Crippen LogP contribution in [-0.2, 0) is 24.3 Å². The van der Waals surface area contributed by atoms with E-state index in [1.54, 1.807) is 14.2 Å². The highest BCUT2D eigenvalue weighted by molar-refractivity contribution is 14.0. The first kappa shape index (κ1) is 24.2. The molecule has 0 aliphatic rings. The van der Waals surface area contributed by atoms with E-state index >= 15 is 0 Å². The van der Waals surface area contributed by atoms with Crippen LogP contribution in [0.1, 0.15) is 29.2 Å². The van der Waals surface area contributed by atoms with Crippen molar-refractivity contribution in [3.05, 3.63) is 64.7 Å². The molecule has 28 heavy (non-hydrogen) atoms. The molecule has 154 valence electrons. The topological polar surface area (TPSA) is 54.9 Å². The Labute approximate surface area is 186 Å². The van der Waals surface area contributed by atoms with Gasteiger partial charge in [-0.05, 0) is 48.6 Å². The minimum Gasteiger partial charge on any atom is -0.496 e. The number of guanidine groups is 1. The maximum absolute atomic E-state index is 5.40. The molecular weight excluding hydrogens is 465 g/mol. The fourth-order valence-corrected chi connectivity index (χ4v) is 2.76. The average molecular weight is 497 g/mol. The van der Waals surface area contributed by atoms with Gasteiger partial charge in [0.15, 0.2) is 5.96 Å². The van der Waals surface area contributed by atoms with Gasteiger partial charge in [-0.2, -0.15) is 0 Å². The summed E-state index contributed by atoms with van der Waals surface area (Å²) in [6.45, 7) is 7.04. The van der Waals surface area contributed by atoms with Crippen LogP contribution in [0.25, 0.3) is 0 Å². The third kappa shape index (κ3) is 8.06. The fourth-order valence-electron chi connectivity index (χ4n) is 2.76. The molecular formula is C22H32IN3O2. The monoisotopic (exact) mass is 497 g/mol. The summed E-state index contributed by atoms with van der Waals surface area (Å²) < 4.78 is 10.5. The highest BCUT2D eigenvalue weighted by atomic mass is 127. The van der Waals surface area contributed by atoms with Gasteiger partial charge in [0.25, 0.3) is 0 Å². The normalized spacial score (nSPS) is 10.9. The van der Waals surface area contributed by atoms with Crippen molar-refractivity contribution in [2.45, 2.75) is 33.4 Å². The fraction of sp³-hybridized carbons (Fsp3) is 0.409. The van der Waals surface area contributed by atoms with Crippen molar-refractivity contribution < 1.29 is 9.47 Å². The highest BCUT2D eigenvalue weighted by Gasteiger charge is 2.02. The van der Waals surface area contributed by atoms with Crippen molar-refractivity contribution in [1.29, 1.82) is 0 Å². The molecule has 2 aromatic carbocycles. The highest BCUT2D eigenvalue weighted by Crippen LogP contribution is 2.19. The molecule has 0 aliphatic carbocycles. The second kappa shape index (κ2) is 13.4. The zero-order valence-corrected chi connectivity index (χ0v) is 19.6. The SMILES string of the molecule is CCNC(=NCc1ccc(COC)cc1)NCCc1ccc(C)c(OC)c1.I. The van der Waals surface area contributed by atoms with E-state index in [1.165, 1.54) is 16.7 Å². The number of aliphatic imine (C=N–C) groups is 1. The summed E-state index contributed by atoms with van der Waals surface area (Å²) in [6.07, 6.45) is 0.909. The molecule has 0 amide bonds. The van der Waals surface area contributed by atoms with Gasteiger partial charge in [-0.25, -0.2) is 4.99 Å². The maximum atomic E-state index is 5.40. The van der Waals surface area contributed by atoms with Gasteiger partial charge in [-0.3, -0.25) is 0 Å². The molecule has 0 bridgehead atoms. The molecule has 5 nitrogen and oxygen atoms in total. The lowest BCUT2D eigenvalue weighted by Gasteiger charge is -2.12. The zero-order chi connectivity index (χ0) is 19.5. The number of hydrogen-bond donors (Lipinski definition) is 2. The second-order valence-corrected chi connectivity index (χ2v) is 6.43. The van der Waals surface area contributed by atoms with E-state index in [0.717, 1.165) is 36.8 Å². The summed E-state index contributed by atoms with van der Waals surface area (Å²) in [5.74, 6) is 1.77. The van der Waals surface area contributed by atoms with Gasteiger partial charge < -0.3 is 20.1 Å². The molecule has 0 fully saturated rings. The predicted molar refractivity (Wildman–Crippen MR) is 127 cm³/mol. The molecule has 0 radical (unpaired) electrons. The van der Waals surface area contributed by atoms with Gasteiger partial charge in [0.1, 0.15) is 5.75 Å². The minimum atomic E-state index is 0. The number of aryl methyl sites for hydroxylation is 1. The van der Waals surface area contributed by atoms with Crippen molar-refractivity contribution in [2.75, 3.05) is 27.3 Å². The van der Waals surface area contributed by atoms with Crippen LogP contribution in [-0.4, -0.2) is 33.3 Å². The van der Waals surface area contributed by atoms with Gasteiger partial charge >= 0.3 is 0 Å². The molecule has 0 aliphatic heterocycles. The smallest absolute Gasteiger partial charge is 0.191 e. The van der Waals surface area contributed by atoms with E-state index in [0.29, 0.717) is 13.2 Å². The van der Waals surface area contributed by atoms with Crippen LogP contribution >= 0.6 is 24.0 Å². The Hall–Kier alpha value is -1.80. The third-order valence-corrected chi connectivity index (χ3v) is 4.28. The number of rotatable bonds is 9. The Morgan fingerprint density at radius 2 is 1.64 bits per heavy atom. The first-order chi connectivity index (χ1) is 13.2. The van der Waals surface area contributed by atoms with Crippen LogP contribution in [0.5, 0.6) is 5.75 Å². The molecule has 0 heterocycles. The zero-order valence-electron chi connectivity index (χ0n) is 17.2. The van der Waals surface area contributed by atoms with Crippen molar-refractivity contribution >= 4 is 29.9 Å². The van der Waals surface area contributed by atoms with Crippen LogP contribution in [0.15, 0.2) is 47.5 Å².